The molecular formula is C36H56N10O12S. The van der Waals surface area contributed by atoms with Gasteiger partial charge in [0.05, 0.1) is 24.9 Å². The second-order valence-corrected chi connectivity index (χ2v) is 14.1. The van der Waals surface area contributed by atoms with Gasteiger partial charge in [-0.2, -0.15) is 12.6 Å². The van der Waals surface area contributed by atoms with Crippen molar-refractivity contribution in [2.24, 2.45) is 22.2 Å². The Morgan fingerprint density at radius 2 is 1.42 bits per heavy atom. The van der Waals surface area contributed by atoms with E-state index in [9.17, 15) is 53.7 Å². The quantitative estimate of drug-likeness (QED) is 0.0156. The molecule has 0 saturated heterocycles. The highest BCUT2D eigenvalue weighted by Crippen LogP contribution is 2.22. The van der Waals surface area contributed by atoms with Crippen molar-refractivity contribution in [1.82, 2.24) is 31.9 Å². The van der Waals surface area contributed by atoms with Crippen molar-refractivity contribution in [3.63, 3.8) is 0 Å². The number of phenolic OH excluding ortho intramolecular Hbond substituents is 1. The van der Waals surface area contributed by atoms with E-state index in [0.29, 0.717) is 18.4 Å². The molecule has 328 valence electrons. The zero-order chi connectivity index (χ0) is 44.1. The highest BCUT2D eigenvalue weighted by atomic mass is 32.1. The van der Waals surface area contributed by atoms with Crippen LogP contribution in [-0.4, -0.2) is 136 Å². The van der Waals surface area contributed by atoms with Gasteiger partial charge in [-0.1, -0.05) is 18.6 Å². The van der Waals surface area contributed by atoms with Gasteiger partial charge >= 0.3 is 11.9 Å². The van der Waals surface area contributed by atoms with Crippen LogP contribution in [-0.2, 0) is 49.5 Å². The summed E-state index contributed by atoms with van der Waals surface area (Å²) in [5.74, 6) is -7.22. The number of aliphatic hydroxyl groups is 1. The van der Waals surface area contributed by atoms with Gasteiger partial charge in [0.25, 0.3) is 0 Å². The Morgan fingerprint density at radius 3 is 2.03 bits per heavy atom. The summed E-state index contributed by atoms with van der Waals surface area (Å²) in [6, 6.07) is -2.00. The molecule has 7 atom stereocenters. The number of aromatic hydroxyl groups is 1. The van der Waals surface area contributed by atoms with Gasteiger partial charge < -0.3 is 69.2 Å². The number of carboxylic acid groups (broad SMARTS) is 1. The lowest BCUT2D eigenvalue weighted by Crippen LogP contribution is -2.59. The first-order valence-electron chi connectivity index (χ1n) is 18.9. The van der Waals surface area contributed by atoms with E-state index >= 15 is 0 Å². The van der Waals surface area contributed by atoms with Gasteiger partial charge in [-0.15, -0.1) is 0 Å². The Kier molecular flexibility index (Phi) is 21.5. The second kappa shape index (κ2) is 25.6. The largest absolute Gasteiger partial charge is 0.508 e. The van der Waals surface area contributed by atoms with Crippen LogP contribution in [0.1, 0.15) is 63.9 Å². The number of carboxylic acids is 1. The number of carbonyl (C=O) groups excluding carboxylic acids is 7. The molecule has 22 nitrogen and oxygen atoms in total. The van der Waals surface area contributed by atoms with E-state index in [4.69, 9.17) is 21.9 Å². The number of carbonyl (C=O) groups is 8. The van der Waals surface area contributed by atoms with E-state index in [1.54, 1.807) is 0 Å². The summed E-state index contributed by atoms with van der Waals surface area (Å²) in [4.78, 5) is 106. The third-order valence-electron chi connectivity index (χ3n) is 9.09. The predicted octanol–water partition coefficient (Wildman–Crippen LogP) is -3.85. The van der Waals surface area contributed by atoms with Crippen molar-refractivity contribution in [3.8, 4) is 5.75 Å². The van der Waals surface area contributed by atoms with E-state index in [0.717, 1.165) is 12.8 Å². The summed E-state index contributed by atoms with van der Waals surface area (Å²) in [5, 5.41) is 43.3. The number of nitrogens with one attached hydrogen (secondary N) is 6. The fourth-order valence-electron chi connectivity index (χ4n) is 5.92. The number of hydrogen-bond donors (Lipinski definition) is 13. The Labute approximate surface area is 346 Å². The van der Waals surface area contributed by atoms with Gasteiger partial charge in [0.1, 0.15) is 42.1 Å². The Balaban J connectivity index is 2.21. The minimum absolute atomic E-state index is 0.0392. The van der Waals surface area contributed by atoms with Crippen molar-refractivity contribution in [3.05, 3.63) is 29.8 Å². The third kappa shape index (κ3) is 18.2. The fourth-order valence-corrected chi connectivity index (χ4v) is 6.01. The molecule has 0 aromatic heterocycles. The lowest BCUT2D eigenvalue weighted by atomic mass is 9.92. The zero-order valence-electron chi connectivity index (χ0n) is 32.7. The summed E-state index contributed by atoms with van der Waals surface area (Å²) in [7, 11) is 0. The molecule has 1 aliphatic rings. The lowest BCUT2D eigenvalue weighted by Gasteiger charge is -2.31. The molecular weight excluding hydrogens is 797 g/mol. The topological polar surface area (TPSA) is 369 Å². The molecule has 1 aromatic rings. The number of hydrogen-bond acceptors (Lipinski definition) is 14. The molecule has 59 heavy (non-hydrogen) atoms. The molecule has 23 heteroatoms. The fraction of sp³-hybridized carbons (Fsp3) is 0.583. The maximum Gasteiger partial charge on any atom is 0.328 e. The third-order valence-corrected chi connectivity index (χ3v) is 9.37. The molecule has 1 fully saturated rings. The summed E-state index contributed by atoms with van der Waals surface area (Å²) in [5.41, 5.74) is 16.7. The van der Waals surface area contributed by atoms with Crippen LogP contribution >= 0.6 is 12.6 Å². The van der Waals surface area contributed by atoms with Gasteiger partial charge in [0.15, 0.2) is 5.96 Å². The molecule has 1 aliphatic carbocycles. The first-order valence-corrected chi connectivity index (χ1v) is 19.6. The maximum atomic E-state index is 13.7. The molecule has 0 radical (unpaired) electrons. The molecule has 0 spiro atoms. The smallest absolute Gasteiger partial charge is 0.328 e. The van der Waals surface area contributed by atoms with Crippen molar-refractivity contribution in [1.29, 1.82) is 0 Å². The van der Waals surface area contributed by atoms with Crippen LogP contribution in [0.5, 0.6) is 5.75 Å². The summed E-state index contributed by atoms with van der Waals surface area (Å²) < 4.78 is 5.62. The van der Waals surface area contributed by atoms with Crippen LogP contribution in [0.3, 0.4) is 0 Å². The number of benzene rings is 1. The first kappa shape index (κ1) is 49.5. The molecule has 1 aromatic carbocycles. The Morgan fingerprint density at radius 1 is 0.831 bits per heavy atom. The maximum absolute atomic E-state index is 13.7. The minimum Gasteiger partial charge on any atom is -0.508 e. The summed E-state index contributed by atoms with van der Waals surface area (Å²) in [6.07, 6.45) is 1.40. The monoisotopic (exact) mass is 852 g/mol. The number of esters is 1. The molecule has 2 rings (SSSR count). The van der Waals surface area contributed by atoms with Crippen molar-refractivity contribution >= 4 is 66.0 Å². The van der Waals surface area contributed by atoms with Crippen LogP contribution < -0.4 is 49.1 Å². The van der Waals surface area contributed by atoms with E-state index in [2.05, 4.69) is 49.5 Å². The van der Waals surface area contributed by atoms with Crippen LogP contribution in [0.25, 0.3) is 0 Å². The molecule has 0 aliphatic heterocycles. The number of rotatable bonds is 24. The van der Waals surface area contributed by atoms with Gasteiger partial charge in [-0.3, -0.25) is 38.6 Å². The molecule has 0 bridgehead atoms. The number of aliphatic carboxylic acids is 1. The number of nitrogens with zero attached hydrogens (tertiary/aromatic N) is 1. The predicted molar refractivity (Wildman–Crippen MR) is 214 cm³/mol. The van der Waals surface area contributed by atoms with Gasteiger partial charge in [0, 0.05) is 19.4 Å². The second-order valence-electron chi connectivity index (χ2n) is 13.8. The minimum atomic E-state index is -1.70. The van der Waals surface area contributed by atoms with Gasteiger partial charge in [-0.05, 0) is 63.1 Å². The number of nitrogens with two attached hydrogens (primary N) is 3. The highest BCUT2D eigenvalue weighted by Gasteiger charge is 2.33. The summed E-state index contributed by atoms with van der Waals surface area (Å²) >= 11 is 3.97. The van der Waals surface area contributed by atoms with Gasteiger partial charge in [0.2, 0.25) is 35.4 Å². The SMILES string of the molecule is C[C@H](NC(=O)[C@H](CCC(=O)O[C@@H]1CCCC[C@H]1NC(=O)CS)NC(=O)CN)C(=O)N[C@@H](CCCN=C(N)N)C(=O)N[C@@H](Cc1ccc(O)cc1)C(=O)N[C@@H](CO)C(=O)O. The zero-order valence-corrected chi connectivity index (χ0v) is 33.6. The first-order chi connectivity index (χ1) is 28.0. The Hall–Kier alpha value is -5.68. The van der Waals surface area contributed by atoms with Gasteiger partial charge in [-0.25, -0.2) is 4.79 Å². The molecule has 0 heterocycles. The lowest BCUT2D eigenvalue weighted by molar-refractivity contribution is -0.153. The number of amides is 6. The van der Waals surface area contributed by atoms with Crippen LogP contribution in [0.2, 0.25) is 0 Å². The van der Waals surface area contributed by atoms with Crippen LogP contribution in [0.4, 0.5) is 0 Å². The number of aliphatic imine (C=N–C) groups is 1. The number of ether oxygens (including phenoxy) is 1. The molecule has 1 saturated carbocycles. The van der Waals surface area contributed by atoms with Crippen LogP contribution in [0.15, 0.2) is 29.3 Å². The van der Waals surface area contributed by atoms with E-state index < -0.39 is 97.0 Å². The molecule has 15 N–H and O–H groups in total. The summed E-state index contributed by atoms with van der Waals surface area (Å²) in [6.45, 7) is -0.104. The average Bonchev–Trinajstić information content (AvgIpc) is 3.19. The normalized spacial score (nSPS) is 17.3. The standard InChI is InChI=1S/C36H56N10O12S/c1-19(41-32(53)24(43-28(49)16-37)12-13-30(51)58-27-7-3-2-5-22(27)42-29(50)18-59)31(52)44-23(6-4-14-40-36(38)39)33(54)45-25(15-20-8-10-21(48)11-9-20)34(55)46-26(17-47)35(56)57/h8-11,19,22-27,47-48,59H,2-7,12-18,37H2,1H3,(H,41,53)(H,42,50)(H,43,49)(H,44,52)(H,45,54)(H,46,55)(H,56,57)(H4,38,39,40)/t19-,22+,23-,24-,25-,26-,27+/m0/s1. The average molecular weight is 853 g/mol. The van der Waals surface area contributed by atoms with E-state index in [-0.39, 0.29) is 62.0 Å². The number of guanidine groups is 1. The molecule has 0 unspecified atom stereocenters. The van der Waals surface area contributed by atoms with E-state index in [1.165, 1.54) is 31.2 Å². The van der Waals surface area contributed by atoms with Crippen LogP contribution in [0, 0.1) is 0 Å². The number of phenols is 1. The van der Waals surface area contributed by atoms with Crippen molar-refractivity contribution in [2.75, 3.05) is 25.4 Å². The Bertz CT molecular complexity index is 1650. The van der Waals surface area contributed by atoms with Crippen molar-refractivity contribution < 1.29 is 58.4 Å². The highest BCUT2D eigenvalue weighted by molar-refractivity contribution is 7.81. The molecule has 6 amide bonds. The number of aliphatic hydroxyl groups excluding tert-OH is 1. The van der Waals surface area contributed by atoms with Crippen molar-refractivity contribution in [2.45, 2.75) is 107 Å². The van der Waals surface area contributed by atoms with E-state index in [1.807, 2.05) is 0 Å². The number of thiol groups is 1.